The van der Waals surface area contributed by atoms with Crippen LogP contribution in [0.5, 0.6) is 5.75 Å². The first-order chi connectivity index (χ1) is 10.0. The third-order valence-electron chi connectivity index (χ3n) is 4.16. The van der Waals surface area contributed by atoms with E-state index in [-0.39, 0.29) is 11.9 Å². The lowest BCUT2D eigenvalue weighted by molar-refractivity contribution is -0.121. The Morgan fingerprint density at radius 2 is 2.10 bits per heavy atom. The van der Waals surface area contributed by atoms with Crippen LogP contribution in [0.4, 0.5) is 5.69 Å². The number of halogens is 1. The maximum atomic E-state index is 12.4. The van der Waals surface area contributed by atoms with Gasteiger partial charge in [-0.15, -0.1) is 0 Å². The summed E-state index contributed by atoms with van der Waals surface area (Å²) in [6, 6.07) is 5.06. The van der Waals surface area contributed by atoms with Gasteiger partial charge in [0.05, 0.1) is 18.8 Å². The van der Waals surface area contributed by atoms with Gasteiger partial charge in [0.1, 0.15) is 5.75 Å². The molecule has 1 atom stereocenters. The second kappa shape index (κ2) is 7.14. The minimum Gasteiger partial charge on any atom is -0.495 e. The topological polar surface area (TPSA) is 41.6 Å². The molecule has 21 heavy (non-hydrogen) atoms. The zero-order valence-corrected chi connectivity index (χ0v) is 13.6. The molecule has 1 saturated heterocycles. The lowest BCUT2D eigenvalue weighted by Crippen LogP contribution is -2.45. The summed E-state index contributed by atoms with van der Waals surface area (Å²) in [5.41, 5.74) is 0.618. The monoisotopic (exact) mass is 310 g/mol. The molecule has 1 fully saturated rings. The number of rotatable bonds is 4. The highest BCUT2D eigenvalue weighted by Crippen LogP contribution is 2.28. The van der Waals surface area contributed by atoms with Crippen molar-refractivity contribution < 1.29 is 9.53 Å². The molecule has 0 aromatic heterocycles. The number of carbonyl (C=O) groups excluding carboxylic acids is 1. The predicted molar refractivity (Wildman–Crippen MR) is 86.1 cm³/mol. The highest BCUT2D eigenvalue weighted by atomic mass is 35.5. The summed E-state index contributed by atoms with van der Waals surface area (Å²) in [5, 5.41) is 3.50. The average molecular weight is 311 g/mol. The number of anilines is 1. The number of nitrogens with zero attached hydrogens (tertiary/aromatic N) is 1. The van der Waals surface area contributed by atoms with Crippen LogP contribution in [-0.4, -0.2) is 37.0 Å². The maximum Gasteiger partial charge on any atom is 0.241 e. The summed E-state index contributed by atoms with van der Waals surface area (Å²) < 4.78 is 5.25. The Morgan fingerprint density at radius 3 is 2.71 bits per heavy atom. The summed E-state index contributed by atoms with van der Waals surface area (Å²) in [7, 11) is 1.58. The second-order valence-electron chi connectivity index (χ2n) is 5.73. The first-order valence-corrected chi connectivity index (χ1v) is 7.77. The Bertz CT molecular complexity index is 499. The molecule has 1 aliphatic heterocycles. The van der Waals surface area contributed by atoms with Gasteiger partial charge in [-0.25, -0.2) is 0 Å². The molecule has 4 nitrogen and oxygen atoms in total. The number of likely N-dealkylation sites (tertiary alicyclic amines) is 1. The van der Waals surface area contributed by atoms with Crippen molar-refractivity contribution in [2.75, 3.05) is 25.5 Å². The van der Waals surface area contributed by atoms with Crippen LogP contribution in [0, 0.1) is 5.92 Å². The summed E-state index contributed by atoms with van der Waals surface area (Å²) in [4.78, 5) is 14.6. The highest BCUT2D eigenvalue weighted by Gasteiger charge is 2.25. The van der Waals surface area contributed by atoms with Crippen molar-refractivity contribution in [1.29, 1.82) is 0 Å². The van der Waals surface area contributed by atoms with Gasteiger partial charge in [-0.2, -0.15) is 0 Å². The molecule has 1 aromatic carbocycles. The van der Waals surface area contributed by atoms with Crippen LogP contribution in [0.2, 0.25) is 5.02 Å². The quantitative estimate of drug-likeness (QED) is 0.926. The molecule has 0 radical (unpaired) electrons. The minimum atomic E-state index is -0.152. The molecule has 5 heteroatoms. The number of piperidine rings is 1. The number of carbonyl (C=O) groups is 1. The number of hydrogen-bond acceptors (Lipinski definition) is 3. The molecule has 1 heterocycles. The summed E-state index contributed by atoms with van der Waals surface area (Å²) in [6.07, 6.45) is 2.30. The second-order valence-corrected chi connectivity index (χ2v) is 6.16. The zero-order valence-electron chi connectivity index (χ0n) is 12.9. The fraction of sp³-hybridized carbons (Fsp3) is 0.562. The fourth-order valence-electron chi connectivity index (χ4n) is 2.60. The van der Waals surface area contributed by atoms with Crippen molar-refractivity contribution in [3.63, 3.8) is 0 Å². The Hall–Kier alpha value is -1.26. The first-order valence-electron chi connectivity index (χ1n) is 7.39. The molecule has 0 aliphatic carbocycles. The molecule has 1 amide bonds. The Labute approximate surface area is 131 Å². The number of ether oxygens (including phenoxy) is 1. The normalized spacial score (nSPS) is 18.3. The molecule has 1 N–H and O–H groups in total. The number of methoxy groups -OCH3 is 1. The van der Waals surface area contributed by atoms with Crippen molar-refractivity contribution >= 4 is 23.2 Å². The van der Waals surface area contributed by atoms with Crippen LogP contribution in [0.25, 0.3) is 0 Å². The van der Waals surface area contributed by atoms with E-state index in [1.54, 1.807) is 25.3 Å². The van der Waals surface area contributed by atoms with Crippen LogP contribution >= 0.6 is 11.6 Å². The van der Waals surface area contributed by atoms with Gasteiger partial charge in [0.25, 0.3) is 0 Å². The molecule has 0 spiro atoms. The largest absolute Gasteiger partial charge is 0.495 e. The summed E-state index contributed by atoms with van der Waals surface area (Å²) in [6.45, 7) is 6.16. The number of nitrogens with one attached hydrogen (secondary N) is 1. The average Bonchev–Trinajstić information content (AvgIpc) is 2.47. The van der Waals surface area contributed by atoms with Crippen LogP contribution in [0.1, 0.15) is 26.7 Å². The smallest absolute Gasteiger partial charge is 0.241 e. The van der Waals surface area contributed by atoms with E-state index in [1.807, 2.05) is 6.92 Å². The third-order valence-corrected chi connectivity index (χ3v) is 4.40. The lowest BCUT2D eigenvalue weighted by Gasteiger charge is -2.34. The highest BCUT2D eigenvalue weighted by molar-refractivity contribution is 6.31. The molecular weight excluding hydrogens is 288 g/mol. The number of benzene rings is 1. The van der Waals surface area contributed by atoms with Crippen molar-refractivity contribution in [1.82, 2.24) is 4.90 Å². The van der Waals surface area contributed by atoms with E-state index < -0.39 is 0 Å². The molecule has 116 valence electrons. The molecule has 1 aliphatic rings. The van der Waals surface area contributed by atoms with Crippen molar-refractivity contribution in [2.24, 2.45) is 5.92 Å². The van der Waals surface area contributed by atoms with Crippen LogP contribution in [0.3, 0.4) is 0 Å². The molecule has 0 saturated carbocycles. The van der Waals surface area contributed by atoms with Gasteiger partial charge in [-0.3, -0.25) is 9.69 Å². The molecule has 2 rings (SSSR count). The molecule has 1 aromatic rings. The molecule has 0 bridgehead atoms. The van der Waals surface area contributed by atoms with Gasteiger partial charge in [0.2, 0.25) is 5.91 Å². The van der Waals surface area contributed by atoms with Gasteiger partial charge in [0, 0.05) is 5.02 Å². The summed E-state index contributed by atoms with van der Waals surface area (Å²) in [5.74, 6) is 1.35. The number of amides is 1. The summed E-state index contributed by atoms with van der Waals surface area (Å²) >= 11 is 5.98. The van der Waals surface area contributed by atoms with Crippen LogP contribution in [-0.2, 0) is 4.79 Å². The van der Waals surface area contributed by atoms with E-state index in [0.717, 1.165) is 31.8 Å². The van der Waals surface area contributed by atoms with E-state index in [0.29, 0.717) is 16.5 Å². The van der Waals surface area contributed by atoms with Crippen LogP contribution in [0.15, 0.2) is 18.2 Å². The van der Waals surface area contributed by atoms with Gasteiger partial charge in [0.15, 0.2) is 0 Å². The number of hydrogen-bond donors (Lipinski definition) is 1. The third kappa shape index (κ3) is 4.11. The molecular formula is C16H23ClN2O2. The predicted octanol–water partition coefficient (Wildman–Crippen LogP) is 3.41. The van der Waals surface area contributed by atoms with E-state index in [9.17, 15) is 4.79 Å². The van der Waals surface area contributed by atoms with Gasteiger partial charge in [-0.1, -0.05) is 18.5 Å². The van der Waals surface area contributed by atoms with Crippen molar-refractivity contribution in [3.05, 3.63) is 23.2 Å². The first kappa shape index (κ1) is 16.1. The minimum absolute atomic E-state index is 0.0230. The van der Waals surface area contributed by atoms with E-state index in [2.05, 4.69) is 17.1 Å². The van der Waals surface area contributed by atoms with E-state index >= 15 is 0 Å². The van der Waals surface area contributed by atoms with Crippen LogP contribution < -0.4 is 10.1 Å². The van der Waals surface area contributed by atoms with Crippen molar-refractivity contribution in [2.45, 2.75) is 32.7 Å². The van der Waals surface area contributed by atoms with Gasteiger partial charge >= 0.3 is 0 Å². The fourth-order valence-corrected chi connectivity index (χ4v) is 2.77. The van der Waals surface area contributed by atoms with Gasteiger partial charge < -0.3 is 10.1 Å². The Kier molecular flexibility index (Phi) is 5.48. The lowest BCUT2D eigenvalue weighted by atomic mass is 9.98. The standard InChI is InChI=1S/C16H23ClN2O2/c1-11-6-8-19(9-7-11)12(2)16(20)18-14-10-13(17)4-5-15(14)21-3/h4-5,10-12H,6-9H2,1-3H3,(H,18,20)/t12-/m1/s1. The van der Waals surface area contributed by atoms with E-state index in [1.165, 1.54) is 0 Å². The van der Waals surface area contributed by atoms with Gasteiger partial charge in [-0.05, 0) is 57.0 Å². The SMILES string of the molecule is COc1ccc(Cl)cc1NC(=O)[C@@H](C)N1CCC(C)CC1. The zero-order chi connectivity index (χ0) is 15.4. The van der Waals surface area contributed by atoms with Crippen molar-refractivity contribution in [3.8, 4) is 5.75 Å². The molecule has 0 unspecified atom stereocenters. The Morgan fingerprint density at radius 1 is 1.43 bits per heavy atom. The Balaban J connectivity index is 2.02. The van der Waals surface area contributed by atoms with E-state index in [4.69, 9.17) is 16.3 Å². The maximum absolute atomic E-state index is 12.4.